The predicted molar refractivity (Wildman–Crippen MR) is 67.4 cm³/mol. The zero-order valence-electron chi connectivity index (χ0n) is 11.5. The third kappa shape index (κ3) is 4.42. The zero-order chi connectivity index (χ0) is 15.4. The van der Waals surface area contributed by atoms with E-state index in [1.54, 1.807) is 13.2 Å². The molecule has 0 fully saturated rings. The van der Waals surface area contributed by atoms with Crippen molar-refractivity contribution in [1.29, 1.82) is 5.26 Å². The van der Waals surface area contributed by atoms with Crippen LogP contribution in [-0.4, -0.2) is 19.3 Å². The number of benzene rings is 1. The average Bonchev–Trinajstić information content (AvgIpc) is 2.37. The van der Waals surface area contributed by atoms with Gasteiger partial charge in [-0.3, -0.25) is 0 Å². The number of hydrogen-bond acceptors (Lipinski definition) is 3. The van der Waals surface area contributed by atoms with Crippen molar-refractivity contribution < 1.29 is 22.6 Å². The van der Waals surface area contributed by atoms with Gasteiger partial charge < -0.3 is 9.47 Å². The molecule has 0 aromatic heterocycles. The standard InChI is InChI=1S/C14H16F3NO2/c1-13(2,19-3)6-7-20-12-5-4-11(14(15,16)17)8-10(12)9-18/h4-5,8H,6-7H2,1-3H3. The highest BCUT2D eigenvalue weighted by Gasteiger charge is 2.31. The van der Waals surface area contributed by atoms with E-state index in [9.17, 15) is 13.2 Å². The van der Waals surface area contributed by atoms with Gasteiger partial charge in [0.15, 0.2) is 0 Å². The van der Waals surface area contributed by atoms with Gasteiger partial charge in [0.05, 0.1) is 23.3 Å². The van der Waals surface area contributed by atoms with Crippen LogP contribution < -0.4 is 4.74 Å². The first-order chi connectivity index (χ1) is 9.19. The van der Waals surface area contributed by atoms with Crippen molar-refractivity contribution in [1.82, 2.24) is 0 Å². The SMILES string of the molecule is COC(C)(C)CCOc1ccc(C(F)(F)F)cc1C#N. The van der Waals surface area contributed by atoms with E-state index < -0.39 is 17.3 Å². The molecule has 1 rings (SSSR count). The molecule has 0 aliphatic rings. The minimum Gasteiger partial charge on any atom is -0.492 e. The summed E-state index contributed by atoms with van der Waals surface area (Å²) < 4.78 is 48.1. The Labute approximate surface area is 115 Å². The van der Waals surface area contributed by atoms with Crippen LogP contribution in [0.15, 0.2) is 18.2 Å². The van der Waals surface area contributed by atoms with Crippen LogP contribution in [0.1, 0.15) is 31.4 Å². The molecule has 0 aliphatic heterocycles. The number of rotatable bonds is 5. The molecule has 0 radical (unpaired) electrons. The Morgan fingerprint density at radius 3 is 2.40 bits per heavy atom. The summed E-state index contributed by atoms with van der Waals surface area (Å²) in [5, 5.41) is 8.89. The number of hydrogen-bond donors (Lipinski definition) is 0. The van der Waals surface area contributed by atoms with Crippen LogP contribution in [-0.2, 0) is 10.9 Å². The Morgan fingerprint density at radius 2 is 1.90 bits per heavy atom. The van der Waals surface area contributed by atoms with Crippen LogP contribution in [0.2, 0.25) is 0 Å². The number of alkyl halides is 3. The van der Waals surface area contributed by atoms with Crippen LogP contribution in [0.25, 0.3) is 0 Å². The van der Waals surface area contributed by atoms with Gasteiger partial charge in [-0.1, -0.05) is 0 Å². The minimum absolute atomic E-state index is 0.130. The number of halogens is 3. The monoisotopic (exact) mass is 287 g/mol. The molecule has 110 valence electrons. The van der Waals surface area contributed by atoms with E-state index in [0.29, 0.717) is 6.42 Å². The molecule has 0 N–H and O–H groups in total. The zero-order valence-corrected chi connectivity index (χ0v) is 11.5. The molecule has 0 saturated carbocycles. The molecule has 0 unspecified atom stereocenters. The van der Waals surface area contributed by atoms with E-state index in [0.717, 1.165) is 12.1 Å². The van der Waals surface area contributed by atoms with Gasteiger partial charge in [-0.2, -0.15) is 18.4 Å². The van der Waals surface area contributed by atoms with Gasteiger partial charge in [0.25, 0.3) is 0 Å². The lowest BCUT2D eigenvalue weighted by Crippen LogP contribution is -2.25. The molecule has 0 bridgehead atoms. The second-order valence-corrected chi connectivity index (χ2v) is 4.88. The minimum atomic E-state index is -4.47. The van der Waals surface area contributed by atoms with Crippen molar-refractivity contribution in [3.05, 3.63) is 29.3 Å². The molecule has 0 saturated heterocycles. The van der Waals surface area contributed by atoms with Gasteiger partial charge in [0, 0.05) is 13.5 Å². The molecular weight excluding hydrogens is 271 g/mol. The Bertz CT molecular complexity index is 504. The fourth-order valence-electron chi connectivity index (χ4n) is 1.43. The summed E-state index contributed by atoms with van der Waals surface area (Å²) in [5.41, 5.74) is -1.38. The van der Waals surface area contributed by atoms with Gasteiger partial charge in [-0.05, 0) is 32.0 Å². The molecule has 0 amide bonds. The van der Waals surface area contributed by atoms with Crippen LogP contribution in [0.5, 0.6) is 5.75 Å². The summed E-state index contributed by atoms with van der Waals surface area (Å²) in [6, 6.07) is 4.57. The molecule has 0 spiro atoms. The van der Waals surface area contributed by atoms with Gasteiger partial charge in [0.2, 0.25) is 0 Å². The molecular formula is C14H16F3NO2. The summed E-state index contributed by atoms with van der Waals surface area (Å²) in [5.74, 6) is 0.146. The fraction of sp³-hybridized carbons (Fsp3) is 0.500. The molecule has 0 aliphatic carbocycles. The second-order valence-electron chi connectivity index (χ2n) is 4.88. The van der Waals surface area contributed by atoms with Crippen LogP contribution in [0.4, 0.5) is 13.2 Å². The fourth-order valence-corrected chi connectivity index (χ4v) is 1.43. The highest BCUT2D eigenvalue weighted by atomic mass is 19.4. The Morgan fingerprint density at radius 1 is 1.25 bits per heavy atom. The van der Waals surface area contributed by atoms with Crippen LogP contribution in [0, 0.1) is 11.3 Å². The van der Waals surface area contributed by atoms with Crippen molar-refractivity contribution in [2.75, 3.05) is 13.7 Å². The van der Waals surface area contributed by atoms with Crippen molar-refractivity contribution in [3.8, 4) is 11.8 Å². The molecule has 20 heavy (non-hydrogen) atoms. The third-order valence-electron chi connectivity index (χ3n) is 2.94. The summed E-state index contributed by atoms with van der Waals surface area (Å²) in [4.78, 5) is 0. The highest BCUT2D eigenvalue weighted by molar-refractivity contribution is 5.46. The Kier molecular flexibility index (Phi) is 5.01. The summed E-state index contributed by atoms with van der Waals surface area (Å²) in [6.45, 7) is 3.99. The maximum atomic E-state index is 12.5. The second kappa shape index (κ2) is 6.14. The van der Waals surface area contributed by atoms with Crippen LogP contribution in [0.3, 0.4) is 0 Å². The molecule has 1 aromatic rings. The maximum Gasteiger partial charge on any atom is 0.416 e. The van der Waals surface area contributed by atoms with Gasteiger partial charge in [-0.15, -0.1) is 0 Å². The van der Waals surface area contributed by atoms with E-state index in [1.165, 1.54) is 6.07 Å². The first kappa shape index (κ1) is 16.3. The van der Waals surface area contributed by atoms with E-state index in [1.807, 2.05) is 13.8 Å². The lowest BCUT2D eigenvalue weighted by Gasteiger charge is -2.22. The molecule has 1 aromatic carbocycles. The first-order valence-electron chi connectivity index (χ1n) is 5.99. The van der Waals surface area contributed by atoms with E-state index in [4.69, 9.17) is 14.7 Å². The molecule has 0 heterocycles. The number of ether oxygens (including phenoxy) is 2. The van der Waals surface area contributed by atoms with Crippen molar-refractivity contribution in [2.45, 2.75) is 32.0 Å². The lowest BCUT2D eigenvalue weighted by molar-refractivity contribution is -0.137. The van der Waals surface area contributed by atoms with Crippen molar-refractivity contribution in [3.63, 3.8) is 0 Å². The normalized spacial score (nSPS) is 12.1. The third-order valence-corrected chi connectivity index (χ3v) is 2.94. The van der Waals surface area contributed by atoms with Crippen LogP contribution >= 0.6 is 0 Å². The molecule has 3 nitrogen and oxygen atoms in total. The van der Waals surface area contributed by atoms with E-state index >= 15 is 0 Å². The highest BCUT2D eigenvalue weighted by Crippen LogP contribution is 2.32. The number of methoxy groups -OCH3 is 1. The predicted octanol–water partition coefficient (Wildman–Crippen LogP) is 3.77. The van der Waals surface area contributed by atoms with Gasteiger partial charge in [-0.25, -0.2) is 0 Å². The smallest absolute Gasteiger partial charge is 0.416 e. The molecule has 6 heteroatoms. The Balaban J connectivity index is 2.80. The largest absolute Gasteiger partial charge is 0.492 e. The quantitative estimate of drug-likeness (QED) is 0.827. The maximum absolute atomic E-state index is 12.5. The van der Waals surface area contributed by atoms with Crippen molar-refractivity contribution in [2.24, 2.45) is 0 Å². The lowest BCUT2D eigenvalue weighted by atomic mass is 10.1. The average molecular weight is 287 g/mol. The Hall–Kier alpha value is -1.74. The summed E-state index contributed by atoms with van der Waals surface area (Å²) in [6.07, 6.45) is -3.92. The number of nitrogens with zero attached hydrogens (tertiary/aromatic N) is 1. The number of nitriles is 1. The van der Waals surface area contributed by atoms with Crippen molar-refractivity contribution >= 4 is 0 Å². The first-order valence-corrected chi connectivity index (χ1v) is 5.99. The summed E-state index contributed by atoms with van der Waals surface area (Å²) >= 11 is 0. The van der Waals surface area contributed by atoms with Gasteiger partial charge >= 0.3 is 6.18 Å². The molecule has 0 atom stereocenters. The van der Waals surface area contributed by atoms with E-state index in [-0.39, 0.29) is 17.9 Å². The topological polar surface area (TPSA) is 42.2 Å². The van der Waals surface area contributed by atoms with Gasteiger partial charge in [0.1, 0.15) is 11.8 Å². The summed E-state index contributed by atoms with van der Waals surface area (Å²) in [7, 11) is 1.57. The van der Waals surface area contributed by atoms with E-state index in [2.05, 4.69) is 0 Å².